The molecule has 1 saturated carbocycles. The average Bonchev–Trinajstić information content (AvgIpc) is 2.71. The molecule has 0 saturated heterocycles. The molecule has 17 heavy (non-hydrogen) atoms. The van der Waals surface area contributed by atoms with Gasteiger partial charge in [0.15, 0.2) is 0 Å². The maximum absolute atomic E-state index is 11.1. The first-order chi connectivity index (χ1) is 7.88. The highest BCUT2D eigenvalue weighted by Gasteiger charge is 2.50. The third-order valence-electron chi connectivity index (χ3n) is 3.98. The summed E-state index contributed by atoms with van der Waals surface area (Å²) in [5.74, 6) is -0.849. The molecule has 1 atom stereocenters. The molecule has 1 aromatic rings. The smallest absolute Gasteiger partial charge is 0.339 e. The van der Waals surface area contributed by atoms with Crippen molar-refractivity contribution in [1.82, 2.24) is 0 Å². The summed E-state index contributed by atoms with van der Waals surface area (Å²) >= 11 is 0. The summed E-state index contributed by atoms with van der Waals surface area (Å²) in [5.41, 5.74) is -1.47. The van der Waals surface area contributed by atoms with E-state index in [9.17, 15) is 9.90 Å². The topological polar surface area (TPSA) is 70.7 Å². The van der Waals surface area contributed by atoms with E-state index in [4.69, 9.17) is 9.52 Å². The zero-order valence-electron chi connectivity index (χ0n) is 10.2. The van der Waals surface area contributed by atoms with E-state index in [-0.39, 0.29) is 16.7 Å². The lowest BCUT2D eigenvalue weighted by Gasteiger charge is -2.45. The van der Waals surface area contributed by atoms with Crippen molar-refractivity contribution in [3.8, 4) is 0 Å². The highest BCUT2D eigenvalue weighted by Crippen LogP contribution is 2.51. The van der Waals surface area contributed by atoms with Gasteiger partial charge < -0.3 is 14.6 Å². The van der Waals surface area contributed by atoms with Crippen molar-refractivity contribution in [2.45, 2.75) is 45.1 Å². The molecule has 1 aliphatic rings. The molecular weight excluding hydrogens is 220 g/mol. The maximum Gasteiger partial charge on any atom is 0.339 e. The molecule has 0 bridgehead atoms. The molecule has 0 radical (unpaired) electrons. The molecule has 1 fully saturated rings. The van der Waals surface area contributed by atoms with E-state index in [0.29, 0.717) is 6.42 Å². The number of aromatic carboxylic acids is 1. The van der Waals surface area contributed by atoms with E-state index in [2.05, 4.69) is 0 Å². The van der Waals surface area contributed by atoms with Crippen molar-refractivity contribution in [2.24, 2.45) is 5.41 Å². The van der Waals surface area contributed by atoms with Gasteiger partial charge in [0.25, 0.3) is 0 Å². The summed E-state index contributed by atoms with van der Waals surface area (Å²) in [6, 6.07) is 1.40. The number of hydrogen-bond acceptors (Lipinski definition) is 3. The minimum absolute atomic E-state index is 0.0717. The number of carboxylic acids is 1. The monoisotopic (exact) mass is 238 g/mol. The summed E-state index contributed by atoms with van der Waals surface area (Å²) < 4.78 is 5.27. The van der Waals surface area contributed by atoms with E-state index >= 15 is 0 Å². The van der Waals surface area contributed by atoms with Crippen LogP contribution < -0.4 is 0 Å². The second-order valence-electron chi connectivity index (χ2n) is 5.42. The van der Waals surface area contributed by atoms with Gasteiger partial charge >= 0.3 is 5.97 Å². The first kappa shape index (κ1) is 12.2. The Kier molecular flexibility index (Phi) is 2.78. The summed E-state index contributed by atoms with van der Waals surface area (Å²) in [4.78, 5) is 11.1. The lowest BCUT2D eigenvalue weighted by Crippen LogP contribution is -2.45. The molecule has 1 aromatic heterocycles. The average molecular weight is 238 g/mol. The molecular formula is C13H18O4. The highest BCUT2D eigenvalue weighted by molar-refractivity contribution is 5.89. The lowest BCUT2D eigenvalue weighted by molar-refractivity contribution is -0.118. The van der Waals surface area contributed by atoms with Crippen LogP contribution in [0.4, 0.5) is 0 Å². The first-order valence-electron chi connectivity index (χ1n) is 5.92. The predicted octanol–water partition coefficient (Wildman–Crippen LogP) is 2.77. The van der Waals surface area contributed by atoms with Gasteiger partial charge in [-0.1, -0.05) is 26.7 Å². The van der Waals surface area contributed by atoms with Gasteiger partial charge in [-0.15, -0.1) is 0 Å². The standard InChI is InChI=1S/C13H18O4/c1-12(2)6-3-4-7-13(12,16)10-9(11(14)15)5-8-17-10/h5,8,16H,3-4,6-7H2,1-2H3,(H,14,15). The fraction of sp³-hybridized carbons (Fsp3) is 0.615. The fourth-order valence-electron chi connectivity index (χ4n) is 2.71. The van der Waals surface area contributed by atoms with E-state index < -0.39 is 11.6 Å². The number of rotatable bonds is 2. The summed E-state index contributed by atoms with van der Waals surface area (Å²) in [6.45, 7) is 3.92. The van der Waals surface area contributed by atoms with Crippen LogP contribution >= 0.6 is 0 Å². The summed E-state index contributed by atoms with van der Waals surface area (Å²) in [6.07, 6.45) is 4.69. The largest absolute Gasteiger partial charge is 0.478 e. The third-order valence-corrected chi connectivity index (χ3v) is 3.98. The van der Waals surface area contributed by atoms with Crippen molar-refractivity contribution >= 4 is 5.97 Å². The molecule has 4 nitrogen and oxygen atoms in total. The Morgan fingerprint density at radius 1 is 1.35 bits per heavy atom. The van der Waals surface area contributed by atoms with Crippen LogP contribution in [0.3, 0.4) is 0 Å². The van der Waals surface area contributed by atoms with Crippen molar-refractivity contribution in [3.63, 3.8) is 0 Å². The Morgan fingerprint density at radius 2 is 2.00 bits per heavy atom. The van der Waals surface area contributed by atoms with Crippen LogP contribution in [0.15, 0.2) is 16.7 Å². The van der Waals surface area contributed by atoms with E-state index in [0.717, 1.165) is 19.3 Å². The van der Waals surface area contributed by atoms with Crippen LogP contribution in [-0.2, 0) is 5.60 Å². The molecule has 94 valence electrons. The van der Waals surface area contributed by atoms with Gasteiger partial charge in [0, 0.05) is 5.41 Å². The highest BCUT2D eigenvalue weighted by atomic mass is 16.4. The summed E-state index contributed by atoms with van der Waals surface area (Å²) in [7, 11) is 0. The zero-order valence-corrected chi connectivity index (χ0v) is 10.2. The van der Waals surface area contributed by atoms with E-state index in [1.54, 1.807) is 0 Å². The minimum atomic E-state index is -1.18. The normalized spacial score (nSPS) is 27.9. The number of furan rings is 1. The van der Waals surface area contributed by atoms with Gasteiger partial charge in [0.2, 0.25) is 0 Å². The second kappa shape index (κ2) is 3.88. The molecule has 2 N–H and O–H groups in total. The number of carbonyl (C=O) groups is 1. The van der Waals surface area contributed by atoms with Crippen molar-refractivity contribution in [3.05, 3.63) is 23.7 Å². The van der Waals surface area contributed by atoms with E-state index in [1.807, 2.05) is 13.8 Å². The molecule has 1 unspecified atom stereocenters. The van der Waals surface area contributed by atoms with Gasteiger partial charge in [-0.2, -0.15) is 0 Å². The molecule has 2 rings (SSSR count). The van der Waals surface area contributed by atoms with Crippen LogP contribution in [-0.4, -0.2) is 16.2 Å². The Bertz CT molecular complexity index is 432. The van der Waals surface area contributed by atoms with Crippen LogP contribution in [0.1, 0.15) is 55.6 Å². The molecule has 0 aliphatic heterocycles. The van der Waals surface area contributed by atoms with Gasteiger partial charge in [-0.3, -0.25) is 0 Å². The van der Waals surface area contributed by atoms with Gasteiger partial charge in [-0.25, -0.2) is 4.79 Å². The Morgan fingerprint density at radius 3 is 2.59 bits per heavy atom. The van der Waals surface area contributed by atoms with Crippen LogP contribution in [0.25, 0.3) is 0 Å². The Hall–Kier alpha value is -1.29. The minimum Gasteiger partial charge on any atom is -0.478 e. The van der Waals surface area contributed by atoms with Gasteiger partial charge in [-0.05, 0) is 18.9 Å². The van der Waals surface area contributed by atoms with Crippen molar-refractivity contribution < 1.29 is 19.4 Å². The zero-order chi connectivity index (χ0) is 12.7. The van der Waals surface area contributed by atoms with Crippen LogP contribution in [0, 0.1) is 5.41 Å². The summed E-state index contributed by atoms with van der Waals surface area (Å²) in [5, 5.41) is 19.9. The lowest BCUT2D eigenvalue weighted by atomic mass is 9.64. The number of carboxylic acid groups (broad SMARTS) is 1. The second-order valence-corrected chi connectivity index (χ2v) is 5.42. The molecule has 1 heterocycles. The van der Waals surface area contributed by atoms with Crippen LogP contribution in [0.5, 0.6) is 0 Å². The van der Waals surface area contributed by atoms with Crippen molar-refractivity contribution in [1.29, 1.82) is 0 Å². The number of aliphatic hydroxyl groups is 1. The predicted molar refractivity (Wildman–Crippen MR) is 61.8 cm³/mol. The van der Waals surface area contributed by atoms with Gasteiger partial charge in [0.05, 0.1) is 6.26 Å². The first-order valence-corrected chi connectivity index (χ1v) is 5.92. The number of hydrogen-bond donors (Lipinski definition) is 2. The van der Waals surface area contributed by atoms with Gasteiger partial charge in [0.1, 0.15) is 16.9 Å². The molecule has 0 spiro atoms. The fourth-order valence-corrected chi connectivity index (χ4v) is 2.71. The molecule has 1 aliphatic carbocycles. The third kappa shape index (κ3) is 1.76. The maximum atomic E-state index is 11.1. The Labute approximate surface area is 100 Å². The molecule has 0 aromatic carbocycles. The Balaban J connectivity index is 2.49. The quantitative estimate of drug-likeness (QED) is 0.831. The van der Waals surface area contributed by atoms with Crippen molar-refractivity contribution in [2.75, 3.05) is 0 Å². The SMILES string of the molecule is CC1(C)CCCCC1(O)c1occc1C(=O)O. The molecule has 4 heteroatoms. The van der Waals surface area contributed by atoms with Crippen LogP contribution in [0.2, 0.25) is 0 Å². The molecule has 0 amide bonds. The van der Waals surface area contributed by atoms with E-state index in [1.165, 1.54) is 12.3 Å².